The average molecular weight is 292 g/mol. The van der Waals surface area contributed by atoms with Crippen LogP contribution < -0.4 is 0 Å². The van der Waals surface area contributed by atoms with Crippen molar-refractivity contribution in [1.29, 1.82) is 0 Å². The lowest BCUT2D eigenvalue weighted by Gasteiger charge is -2.27. The highest BCUT2D eigenvalue weighted by molar-refractivity contribution is 5.85. The lowest BCUT2D eigenvalue weighted by Crippen LogP contribution is -2.13. The van der Waals surface area contributed by atoms with Gasteiger partial charge in [-0.05, 0) is 54.2 Å². The Morgan fingerprint density at radius 1 is 0.905 bits per heavy atom. The van der Waals surface area contributed by atoms with Crippen molar-refractivity contribution < 1.29 is 13.2 Å². The van der Waals surface area contributed by atoms with E-state index in [9.17, 15) is 13.2 Å². The Bertz CT molecular complexity index is 683. The minimum Gasteiger partial charge on any atom is -0.206 e. The molecule has 0 N–H and O–H groups in total. The van der Waals surface area contributed by atoms with Gasteiger partial charge in [-0.25, -0.2) is 13.2 Å². The summed E-state index contributed by atoms with van der Waals surface area (Å²) in [4.78, 5) is 0. The van der Waals surface area contributed by atoms with Crippen molar-refractivity contribution in [3.8, 4) is 0 Å². The molecule has 1 fully saturated rings. The van der Waals surface area contributed by atoms with Crippen LogP contribution in [0.2, 0.25) is 0 Å². The molecule has 0 bridgehead atoms. The Hall–Kier alpha value is -1.51. The van der Waals surface area contributed by atoms with E-state index in [1.54, 1.807) is 25.1 Å². The zero-order valence-electron chi connectivity index (χ0n) is 12.3. The molecular weight excluding hydrogens is 273 g/mol. The maximum absolute atomic E-state index is 14.4. The van der Waals surface area contributed by atoms with Gasteiger partial charge in [0, 0.05) is 0 Å². The van der Waals surface area contributed by atoms with Crippen molar-refractivity contribution in [2.75, 3.05) is 0 Å². The third-order valence-corrected chi connectivity index (χ3v) is 4.80. The molecule has 0 aliphatic heterocycles. The predicted molar refractivity (Wildman–Crippen MR) is 78.9 cm³/mol. The monoisotopic (exact) mass is 292 g/mol. The Labute approximate surface area is 123 Å². The van der Waals surface area contributed by atoms with E-state index in [-0.39, 0.29) is 11.3 Å². The van der Waals surface area contributed by atoms with Gasteiger partial charge in [0.25, 0.3) is 0 Å². The average Bonchev–Trinajstić information content (AvgIpc) is 2.47. The van der Waals surface area contributed by atoms with E-state index >= 15 is 0 Å². The molecule has 2 aromatic carbocycles. The molecule has 1 saturated carbocycles. The summed E-state index contributed by atoms with van der Waals surface area (Å²) in [7, 11) is 0. The van der Waals surface area contributed by atoms with Crippen molar-refractivity contribution >= 4 is 10.8 Å². The van der Waals surface area contributed by atoms with E-state index in [1.165, 1.54) is 0 Å². The van der Waals surface area contributed by atoms with Crippen LogP contribution in [0.15, 0.2) is 18.2 Å². The molecule has 0 nitrogen and oxygen atoms in total. The van der Waals surface area contributed by atoms with Gasteiger partial charge in [-0.2, -0.15) is 0 Å². The summed E-state index contributed by atoms with van der Waals surface area (Å²) in [6.45, 7) is 3.74. The van der Waals surface area contributed by atoms with Crippen LogP contribution in [-0.2, 0) is 0 Å². The number of fused-ring (bicyclic) bond motifs is 1. The van der Waals surface area contributed by atoms with E-state index in [1.807, 2.05) is 0 Å². The van der Waals surface area contributed by atoms with Crippen molar-refractivity contribution in [3.05, 3.63) is 46.8 Å². The van der Waals surface area contributed by atoms with Crippen LogP contribution in [-0.4, -0.2) is 0 Å². The summed E-state index contributed by atoms with van der Waals surface area (Å²) in [5.41, 5.74) is 0.746. The van der Waals surface area contributed by atoms with Gasteiger partial charge in [0.2, 0.25) is 0 Å². The fraction of sp³-hybridized carbons (Fsp3) is 0.444. The minimum atomic E-state index is -1.04. The number of benzene rings is 2. The van der Waals surface area contributed by atoms with Crippen LogP contribution in [0.4, 0.5) is 13.2 Å². The summed E-state index contributed by atoms with van der Waals surface area (Å²) < 4.78 is 42.8. The maximum atomic E-state index is 14.4. The maximum Gasteiger partial charge on any atom is 0.169 e. The molecule has 0 atom stereocenters. The first kappa shape index (κ1) is 14.4. The quantitative estimate of drug-likeness (QED) is 0.617. The fourth-order valence-electron chi connectivity index (χ4n) is 3.37. The number of aryl methyl sites for hydroxylation is 1. The molecule has 0 aromatic heterocycles. The van der Waals surface area contributed by atoms with E-state index in [4.69, 9.17) is 0 Å². The molecule has 3 rings (SSSR count). The molecule has 0 amide bonds. The van der Waals surface area contributed by atoms with Gasteiger partial charge in [-0.3, -0.25) is 0 Å². The molecule has 3 heteroatoms. The molecule has 0 spiro atoms. The first-order valence-electron chi connectivity index (χ1n) is 7.55. The Kier molecular flexibility index (Phi) is 3.68. The van der Waals surface area contributed by atoms with Crippen molar-refractivity contribution in [1.82, 2.24) is 0 Å². The summed E-state index contributed by atoms with van der Waals surface area (Å²) in [5.74, 6) is -1.87. The molecule has 2 aromatic rings. The van der Waals surface area contributed by atoms with Crippen LogP contribution in [0.3, 0.4) is 0 Å². The van der Waals surface area contributed by atoms with Crippen molar-refractivity contribution in [3.63, 3.8) is 0 Å². The molecule has 0 heterocycles. The predicted octanol–water partition coefficient (Wildman–Crippen LogP) is 5.86. The largest absolute Gasteiger partial charge is 0.206 e. The minimum absolute atomic E-state index is 0.0458. The normalized spacial score (nSPS) is 22.7. The second-order valence-electron chi connectivity index (χ2n) is 6.35. The van der Waals surface area contributed by atoms with E-state index in [0.29, 0.717) is 22.4 Å². The van der Waals surface area contributed by atoms with Crippen LogP contribution >= 0.6 is 0 Å². The second kappa shape index (κ2) is 5.36. The second-order valence-corrected chi connectivity index (χ2v) is 6.35. The summed E-state index contributed by atoms with van der Waals surface area (Å²) >= 11 is 0. The molecule has 0 unspecified atom stereocenters. The van der Waals surface area contributed by atoms with E-state index in [0.717, 1.165) is 25.7 Å². The molecular formula is C18H19F3. The third-order valence-electron chi connectivity index (χ3n) is 4.80. The Balaban J connectivity index is 2.13. The van der Waals surface area contributed by atoms with Crippen LogP contribution in [0, 0.1) is 30.3 Å². The highest BCUT2D eigenvalue weighted by Crippen LogP contribution is 2.39. The highest BCUT2D eigenvalue weighted by Gasteiger charge is 2.26. The lowest BCUT2D eigenvalue weighted by atomic mass is 9.79. The number of rotatable bonds is 1. The number of halogens is 3. The van der Waals surface area contributed by atoms with E-state index < -0.39 is 17.5 Å². The molecule has 1 aliphatic carbocycles. The van der Waals surface area contributed by atoms with Crippen molar-refractivity contribution in [2.24, 2.45) is 5.92 Å². The zero-order chi connectivity index (χ0) is 15.1. The smallest absolute Gasteiger partial charge is 0.169 e. The van der Waals surface area contributed by atoms with Gasteiger partial charge in [-0.15, -0.1) is 0 Å². The molecule has 1 aliphatic rings. The van der Waals surface area contributed by atoms with Gasteiger partial charge in [0.05, 0.1) is 5.39 Å². The molecule has 112 valence electrons. The van der Waals surface area contributed by atoms with Crippen LogP contribution in [0.5, 0.6) is 0 Å². The molecule has 0 saturated heterocycles. The lowest BCUT2D eigenvalue weighted by molar-refractivity contribution is 0.339. The first-order valence-corrected chi connectivity index (χ1v) is 7.55. The third kappa shape index (κ3) is 2.43. The highest BCUT2D eigenvalue weighted by atomic mass is 19.2. The Morgan fingerprint density at radius 2 is 1.57 bits per heavy atom. The van der Waals surface area contributed by atoms with Gasteiger partial charge >= 0.3 is 0 Å². The van der Waals surface area contributed by atoms with E-state index in [2.05, 4.69) is 6.92 Å². The van der Waals surface area contributed by atoms with Gasteiger partial charge in [0.1, 0.15) is 5.82 Å². The van der Waals surface area contributed by atoms with Gasteiger partial charge in [0.15, 0.2) is 11.6 Å². The number of hydrogen-bond acceptors (Lipinski definition) is 0. The van der Waals surface area contributed by atoms with Crippen LogP contribution in [0.25, 0.3) is 10.8 Å². The van der Waals surface area contributed by atoms with Crippen LogP contribution in [0.1, 0.15) is 49.7 Å². The summed E-state index contributed by atoms with van der Waals surface area (Å²) in [6, 6.07) is 4.92. The zero-order valence-corrected chi connectivity index (χ0v) is 12.3. The van der Waals surface area contributed by atoms with Crippen molar-refractivity contribution in [2.45, 2.75) is 45.4 Å². The standard InChI is InChI=1S/C18H19F3/c1-10-3-6-12(7-4-10)14-9-13-8-5-11(2)16(19)15(13)18(21)17(14)20/h5,8-10,12H,3-4,6-7H2,1-2H3. The number of hydrogen-bond donors (Lipinski definition) is 0. The van der Waals surface area contributed by atoms with Gasteiger partial charge in [-0.1, -0.05) is 31.9 Å². The van der Waals surface area contributed by atoms with Gasteiger partial charge < -0.3 is 0 Å². The summed E-state index contributed by atoms with van der Waals surface area (Å²) in [5, 5.41) is 0.228. The molecule has 0 radical (unpaired) electrons. The fourth-order valence-corrected chi connectivity index (χ4v) is 3.37. The molecule has 21 heavy (non-hydrogen) atoms. The summed E-state index contributed by atoms with van der Waals surface area (Å²) in [6.07, 6.45) is 3.81. The topological polar surface area (TPSA) is 0 Å². The SMILES string of the molecule is Cc1ccc2cc(C3CCC(C)CC3)c(F)c(F)c2c1F. The Morgan fingerprint density at radius 3 is 2.24 bits per heavy atom. The first-order chi connectivity index (χ1) is 9.99.